The molecule has 0 bridgehead atoms. The molecule has 0 atom stereocenters. The number of alkyl halides is 2. The molecule has 0 saturated carbocycles. The third-order valence-corrected chi connectivity index (χ3v) is 5.29. The first-order chi connectivity index (χ1) is 13.8. The number of halogens is 3. The summed E-state index contributed by atoms with van der Waals surface area (Å²) in [5.74, 6) is -0.380. The number of hydrogen-bond donors (Lipinski definition) is 1. The van der Waals surface area contributed by atoms with Crippen molar-refractivity contribution in [2.24, 2.45) is 0 Å². The van der Waals surface area contributed by atoms with Gasteiger partial charge in [0.05, 0.1) is 10.8 Å². The monoisotopic (exact) mass is 438 g/mol. The summed E-state index contributed by atoms with van der Waals surface area (Å²) in [6, 6.07) is 10.0. The van der Waals surface area contributed by atoms with E-state index in [2.05, 4.69) is 20.3 Å². The highest BCUT2D eigenvalue weighted by Gasteiger charge is 2.13. The third kappa shape index (κ3) is 5.45. The summed E-state index contributed by atoms with van der Waals surface area (Å²) in [7, 11) is 0. The van der Waals surface area contributed by atoms with Crippen molar-refractivity contribution in [3.8, 4) is 11.4 Å². The molecule has 0 aliphatic carbocycles. The van der Waals surface area contributed by atoms with Crippen molar-refractivity contribution in [2.45, 2.75) is 25.6 Å². The summed E-state index contributed by atoms with van der Waals surface area (Å²) < 4.78 is 30.6. The molecule has 6 nitrogen and oxygen atoms in total. The van der Waals surface area contributed by atoms with Gasteiger partial charge in [0.15, 0.2) is 5.16 Å². The first-order valence-electron chi connectivity index (χ1n) is 8.48. The van der Waals surface area contributed by atoms with E-state index >= 15 is 0 Å². The normalized spacial score (nSPS) is 11.0. The molecule has 0 unspecified atom stereocenters. The molecule has 1 heterocycles. The lowest BCUT2D eigenvalue weighted by Crippen LogP contribution is -2.14. The van der Waals surface area contributed by atoms with Crippen LogP contribution in [0, 0.1) is 13.8 Å². The number of aryl methyl sites for hydroxylation is 2. The molecule has 1 aromatic heterocycles. The van der Waals surface area contributed by atoms with E-state index in [4.69, 9.17) is 11.6 Å². The number of ether oxygens (including phenoxy) is 1. The van der Waals surface area contributed by atoms with Gasteiger partial charge in [-0.25, -0.2) is 0 Å². The molecule has 2 aromatic carbocycles. The predicted molar refractivity (Wildman–Crippen MR) is 108 cm³/mol. The van der Waals surface area contributed by atoms with E-state index < -0.39 is 6.61 Å². The lowest BCUT2D eigenvalue weighted by molar-refractivity contribution is -0.113. The van der Waals surface area contributed by atoms with Gasteiger partial charge in [0.25, 0.3) is 0 Å². The molecule has 0 aliphatic rings. The fourth-order valence-corrected chi connectivity index (χ4v) is 3.43. The molecule has 3 rings (SSSR count). The molecule has 152 valence electrons. The van der Waals surface area contributed by atoms with E-state index in [1.807, 2.05) is 32.0 Å². The van der Waals surface area contributed by atoms with E-state index in [0.717, 1.165) is 11.3 Å². The summed E-state index contributed by atoms with van der Waals surface area (Å²) in [5, 5.41) is 11.2. The number of carbonyl (C=O) groups excluding carboxylic acids is 1. The maximum atomic E-state index is 12.3. The zero-order valence-electron chi connectivity index (χ0n) is 15.5. The fourth-order valence-electron chi connectivity index (χ4n) is 2.47. The Bertz CT molecular complexity index is 1030. The van der Waals surface area contributed by atoms with E-state index in [-0.39, 0.29) is 22.4 Å². The lowest BCUT2D eigenvalue weighted by Gasteiger charge is -2.10. The number of amides is 1. The highest BCUT2D eigenvalue weighted by atomic mass is 35.5. The van der Waals surface area contributed by atoms with Crippen molar-refractivity contribution in [3.05, 3.63) is 58.9 Å². The Morgan fingerprint density at radius 1 is 1.24 bits per heavy atom. The lowest BCUT2D eigenvalue weighted by atomic mass is 10.1. The number of aromatic nitrogens is 3. The standard InChI is InChI=1S/C19H17ClF2N4O2S/c1-11-3-5-14(7-12(11)2)26-10-23-25-19(26)29-9-17(27)24-13-4-6-16(15(20)8-13)28-18(21)22/h3-8,10,18H,9H2,1-2H3,(H,24,27). The van der Waals surface area contributed by atoms with Crippen LogP contribution < -0.4 is 10.1 Å². The molecule has 0 aliphatic heterocycles. The molecule has 0 fully saturated rings. The average molecular weight is 439 g/mol. The first kappa shape index (κ1) is 21.1. The minimum absolute atomic E-state index is 0.0229. The number of carbonyl (C=O) groups is 1. The van der Waals surface area contributed by atoms with Crippen molar-refractivity contribution in [3.63, 3.8) is 0 Å². The molecule has 10 heteroatoms. The van der Waals surface area contributed by atoms with E-state index in [0.29, 0.717) is 10.8 Å². The molecule has 1 amide bonds. The Labute approximate surface area is 175 Å². The quantitative estimate of drug-likeness (QED) is 0.533. The van der Waals surface area contributed by atoms with Crippen molar-refractivity contribution < 1.29 is 18.3 Å². The number of thioether (sulfide) groups is 1. The van der Waals surface area contributed by atoms with Crippen LogP contribution in [0.25, 0.3) is 5.69 Å². The van der Waals surface area contributed by atoms with Crippen LogP contribution in [0.1, 0.15) is 11.1 Å². The molecule has 1 N–H and O–H groups in total. The topological polar surface area (TPSA) is 69.0 Å². The molecule has 29 heavy (non-hydrogen) atoms. The smallest absolute Gasteiger partial charge is 0.387 e. The maximum Gasteiger partial charge on any atom is 0.387 e. The largest absolute Gasteiger partial charge is 0.433 e. The summed E-state index contributed by atoms with van der Waals surface area (Å²) in [5.41, 5.74) is 3.60. The molecule has 0 spiro atoms. The van der Waals surface area contributed by atoms with Gasteiger partial charge in [-0.15, -0.1) is 10.2 Å². The van der Waals surface area contributed by atoms with Crippen LogP contribution in [-0.2, 0) is 4.79 Å². The van der Waals surface area contributed by atoms with Gasteiger partial charge in [-0.05, 0) is 55.3 Å². The highest BCUT2D eigenvalue weighted by molar-refractivity contribution is 7.99. The summed E-state index contributed by atoms with van der Waals surface area (Å²) in [6.45, 7) is 1.08. The second-order valence-corrected chi connectivity index (χ2v) is 7.46. The number of nitrogens with zero attached hydrogens (tertiary/aromatic N) is 3. The van der Waals surface area contributed by atoms with Gasteiger partial charge in [0.2, 0.25) is 5.91 Å². The van der Waals surface area contributed by atoms with Crippen LogP contribution in [0.2, 0.25) is 5.02 Å². The van der Waals surface area contributed by atoms with Crippen LogP contribution in [0.4, 0.5) is 14.5 Å². The maximum absolute atomic E-state index is 12.3. The highest BCUT2D eigenvalue weighted by Crippen LogP contribution is 2.29. The van der Waals surface area contributed by atoms with Crippen LogP contribution in [0.3, 0.4) is 0 Å². The summed E-state index contributed by atoms with van der Waals surface area (Å²) >= 11 is 7.11. The third-order valence-electron chi connectivity index (χ3n) is 4.05. The Kier molecular flexibility index (Phi) is 6.71. The number of anilines is 1. The Morgan fingerprint density at radius 3 is 2.72 bits per heavy atom. The second-order valence-electron chi connectivity index (χ2n) is 6.11. The fraction of sp³-hybridized carbons (Fsp3) is 0.211. The van der Waals surface area contributed by atoms with E-state index in [1.165, 1.54) is 35.5 Å². The second kappa shape index (κ2) is 9.23. The van der Waals surface area contributed by atoms with Gasteiger partial charge in [-0.3, -0.25) is 9.36 Å². The first-order valence-corrected chi connectivity index (χ1v) is 9.84. The van der Waals surface area contributed by atoms with E-state index in [1.54, 1.807) is 10.9 Å². The number of rotatable bonds is 7. The zero-order chi connectivity index (χ0) is 21.0. The number of benzene rings is 2. The van der Waals surface area contributed by atoms with Crippen molar-refractivity contribution in [1.82, 2.24) is 14.8 Å². The Hall–Kier alpha value is -2.65. The summed E-state index contributed by atoms with van der Waals surface area (Å²) in [6.07, 6.45) is 1.59. The molecule has 0 saturated heterocycles. The van der Waals surface area contributed by atoms with Gasteiger partial charge in [-0.1, -0.05) is 29.4 Å². The molecule has 3 aromatic rings. The SMILES string of the molecule is Cc1ccc(-n2cnnc2SCC(=O)Nc2ccc(OC(F)F)c(Cl)c2)cc1C. The van der Waals surface area contributed by atoms with Gasteiger partial charge >= 0.3 is 6.61 Å². The summed E-state index contributed by atoms with van der Waals surface area (Å²) in [4.78, 5) is 12.2. The van der Waals surface area contributed by atoms with Crippen molar-refractivity contribution in [2.75, 3.05) is 11.1 Å². The Morgan fingerprint density at radius 2 is 2.03 bits per heavy atom. The van der Waals surface area contributed by atoms with Crippen LogP contribution in [0.5, 0.6) is 5.75 Å². The Balaban J connectivity index is 1.63. The van der Waals surface area contributed by atoms with Crippen LogP contribution in [0.15, 0.2) is 47.9 Å². The molecular weight excluding hydrogens is 422 g/mol. The predicted octanol–water partition coefficient (Wildman–Crippen LogP) is 4.87. The van der Waals surface area contributed by atoms with Crippen LogP contribution >= 0.6 is 23.4 Å². The van der Waals surface area contributed by atoms with Gasteiger partial charge in [0, 0.05) is 11.4 Å². The number of hydrogen-bond acceptors (Lipinski definition) is 5. The van der Waals surface area contributed by atoms with Crippen LogP contribution in [-0.4, -0.2) is 33.0 Å². The molecule has 0 radical (unpaired) electrons. The van der Waals surface area contributed by atoms with Crippen molar-refractivity contribution in [1.29, 1.82) is 0 Å². The minimum Gasteiger partial charge on any atom is -0.433 e. The van der Waals surface area contributed by atoms with Gasteiger partial charge < -0.3 is 10.1 Å². The van der Waals surface area contributed by atoms with E-state index in [9.17, 15) is 13.6 Å². The zero-order valence-corrected chi connectivity index (χ0v) is 17.1. The van der Waals surface area contributed by atoms with Gasteiger partial charge in [-0.2, -0.15) is 8.78 Å². The molecular formula is C19H17ClF2N4O2S. The number of nitrogens with one attached hydrogen (secondary N) is 1. The average Bonchev–Trinajstić information content (AvgIpc) is 3.13. The van der Waals surface area contributed by atoms with Gasteiger partial charge in [0.1, 0.15) is 12.1 Å². The minimum atomic E-state index is -2.97. The van der Waals surface area contributed by atoms with Crippen molar-refractivity contribution >= 4 is 35.0 Å².